The second kappa shape index (κ2) is 14.8. The fourth-order valence-corrected chi connectivity index (χ4v) is 6.72. The average Bonchev–Trinajstić information content (AvgIpc) is 3.41. The summed E-state index contributed by atoms with van der Waals surface area (Å²) >= 11 is 7.37. The van der Waals surface area contributed by atoms with E-state index in [1.165, 1.54) is 11.3 Å². The van der Waals surface area contributed by atoms with Gasteiger partial charge in [0.2, 0.25) is 0 Å². The van der Waals surface area contributed by atoms with Crippen molar-refractivity contribution in [2.75, 3.05) is 20.3 Å². The third-order valence-electron chi connectivity index (χ3n) is 7.65. The van der Waals surface area contributed by atoms with Gasteiger partial charge in [-0.2, -0.15) is 0 Å². The molecule has 0 unspecified atom stereocenters. The van der Waals surface area contributed by atoms with Crippen LogP contribution in [0.25, 0.3) is 11.8 Å². The molecule has 0 radical (unpaired) electrons. The number of benzene rings is 4. The molecule has 244 valence electrons. The number of carbonyl (C=O) groups is 1. The lowest BCUT2D eigenvalue weighted by atomic mass is 9.93. The SMILES string of the molecule is CCOC(=O)C1=C(c2ccccc2)N=c2s/c(=C\c3ccc(OCc4cccc(Cl)c4)c(OC)c3)c(=O)n2[C@H]1c1ccc(OCC)cc1. The Kier molecular flexibility index (Phi) is 10.1. The van der Waals surface area contributed by atoms with Gasteiger partial charge in [0, 0.05) is 10.6 Å². The molecule has 0 spiro atoms. The van der Waals surface area contributed by atoms with Crippen LogP contribution in [0.1, 0.15) is 42.1 Å². The fourth-order valence-electron chi connectivity index (χ4n) is 5.50. The minimum Gasteiger partial charge on any atom is -0.494 e. The molecule has 0 fully saturated rings. The predicted octanol–water partition coefficient (Wildman–Crippen LogP) is 6.58. The summed E-state index contributed by atoms with van der Waals surface area (Å²) in [6, 6.07) is 29.0. The molecule has 0 saturated carbocycles. The van der Waals surface area contributed by atoms with Crippen LogP contribution >= 0.6 is 22.9 Å². The quantitative estimate of drug-likeness (QED) is 0.147. The Bertz CT molecular complexity index is 2160. The first-order valence-electron chi connectivity index (χ1n) is 15.5. The van der Waals surface area contributed by atoms with Crippen LogP contribution in [0.2, 0.25) is 5.02 Å². The number of nitrogens with zero attached hydrogens (tertiary/aromatic N) is 2. The van der Waals surface area contributed by atoms with Crippen LogP contribution < -0.4 is 29.1 Å². The molecule has 1 aliphatic rings. The van der Waals surface area contributed by atoms with Crippen LogP contribution in [-0.2, 0) is 16.1 Å². The van der Waals surface area contributed by atoms with Crippen molar-refractivity contribution in [3.63, 3.8) is 0 Å². The van der Waals surface area contributed by atoms with Crippen LogP contribution in [0, 0.1) is 0 Å². The first-order chi connectivity index (χ1) is 23.4. The highest BCUT2D eigenvalue weighted by Gasteiger charge is 2.35. The van der Waals surface area contributed by atoms with E-state index in [0.717, 1.165) is 22.3 Å². The van der Waals surface area contributed by atoms with E-state index in [9.17, 15) is 9.59 Å². The van der Waals surface area contributed by atoms with Gasteiger partial charge < -0.3 is 18.9 Å². The van der Waals surface area contributed by atoms with Crippen LogP contribution in [0.4, 0.5) is 0 Å². The molecule has 48 heavy (non-hydrogen) atoms. The summed E-state index contributed by atoms with van der Waals surface area (Å²) in [4.78, 5) is 33.3. The summed E-state index contributed by atoms with van der Waals surface area (Å²) in [5, 5.41) is 0.634. The first-order valence-corrected chi connectivity index (χ1v) is 16.7. The monoisotopic (exact) mass is 680 g/mol. The van der Waals surface area contributed by atoms with Crippen molar-refractivity contribution in [1.29, 1.82) is 0 Å². The Balaban J connectivity index is 1.46. The zero-order chi connectivity index (χ0) is 33.6. The molecule has 0 N–H and O–H groups in total. The highest BCUT2D eigenvalue weighted by atomic mass is 35.5. The summed E-state index contributed by atoms with van der Waals surface area (Å²) in [6.07, 6.45) is 1.79. The van der Waals surface area contributed by atoms with Gasteiger partial charge >= 0.3 is 5.97 Å². The predicted molar refractivity (Wildman–Crippen MR) is 187 cm³/mol. The van der Waals surface area contributed by atoms with Gasteiger partial charge in [0.05, 0.1) is 42.2 Å². The summed E-state index contributed by atoms with van der Waals surface area (Å²) in [5.74, 6) is 1.22. The van der Waals surface area contributed by atoms with Crippen molar-refractivity contribution in [3.05, 3.63) is 150 Å². The lowest BCUT2D eigenvalue weighted by molar-refractivity contribution is -0.138. The zero-order valence-corrected chi connectivity index (χ0v) is 28.2. The Morgan fingerprint density at radius 2 is 1.71 bits per heavy atom. The van der Waals surface area contributed by atoms with Gasteiger partial charge in [-0.25, -0.2) is 9.79 Å². The van der Waals surface area contributed by atoms with Gasteiger partial charge in [0.1, 0.15) is 12.4 Å². The molecule has 0 bridgehead atoms. The average molecular weight is 681 g/mol. The number of esters is 1. The third kappa shape index (κ3) is 6.93. The third-order valence-corrected chi connectivity index (χ3v) is 8.87. The van der Waals surface area contributed by atoms with Crippen molar-refractivity contribution in [2.24, 2.45) is 4.99 Å². The molecule has 10 heteroatoms. The van der Waals surface area contributed by atoms with E-state index in [0.29, 0.717) is 50.5 Å². The Morgan fingerprint density at radius 1 is 0.917 bits per heavy atom. The normalized spacial score (nSPS) is 14.2. The minimum atomic E-state index is -0.787. The second-order valence-corrected chi connectivity index (χ2v) is 12.2. The lowest BCUT2D eigenvalue weighted by Crippen LogP contribution is -2.40. The molecule has 0 aliphatic carbocycles. The van der Waals surface area contributed by atoms with E-state index in [-0.39, 0.29) is 17.7 Å². The maximum absolute atomic E-state index is 14.3. The van der Waals surface area contributed by atoms with E-state index in [1.807, 2.05) is 97.9 Å². The minimum absolute atomic E-state index is 0.172. The number of carbonyl (C=O) groups excluding carboxylic acids is 1. The number of hydrogen-bond donors (Lipinski definition) is 0. The molecule has 2 heterocycles. The molecule has 4 aromatic carbocycles. The molecule has 6 rings (SSSR count). The fraction of sp³-hybridized carbons (Fsp3) is 0.184. The molecule has 1 aliphatic heterocycles. The number of halogens is 1. The molecule has 1 aromatic heterocycles. The van der Waals surface area contributed by atoms with E-state index >= 15 is 0 Å². The smallest absolute Gasteiger partial charge is 0.338 e. The number of methoxy groups -OCH3 is 1. The molecule has 0 amide bonds. The van der Waals surface area contributed by atoms with Gasteiger partial charge in [0.25, 0.3) is 5.56 Å². The standard InChI is InChI=1S/C38H33ClN2O6S/c1-4-45-29-17-15-27(16-18-29)35-33(37(43)46-5-2)34(26-11-7-6-8-12-26)40-38-41(35)36(42)32(48-38)22-24-14-19-30(31(21-24)44-3)47-23-25-10-9-13-28(39)20-25/h6-22,35H,4-5,23H2,1-3H3/b32-22-/t35-/m0/s1. The van der Waals surface area contributed by atoms with Gasteiger partial charge in [-0.15, -0.1) is 0 Å². The zero-order valence-electron chi connectivity index (χ0n) is 26.6. The molecule has 8 nitrogen and oxygen atoms in total. The van der Waals surface area contributed by atoms with Crippen molar-refractivity contribution < 1.29 is 23.7 Å². The van der Waals surface area contributed by atoms with Crippen molar-refractivity contribution in [1.82, 2.24) is 4.57 Å². The number of rotatable bonds is 11. The molecular formula is C38H33ClN2O6S. The summed E-state index contributed by atoms with van der Waals surface area (Å²) in [5.41, 5.74) is 3.59. The maximum Gasteiger partial charge on any atom is 0.338 e. The van der Waals surface area contributed by atoms with Crippen molar-refractivity contribution >= 4 is 40.7 Å². The lowest BCUT2D eigenvalue weighted by Gasteiger charge is -2.26. The molecule has 1 atom stereocenters. The molecular weight excluding hydrogens is 648 g/mol. The summed E-state index contributed by atoms with van der Waals surface area (Å²) < 4.78 is 24.9. The highest BCUT2D eigenvalue weighted by Crippen LogP contribution is 2.36. The number of ether oxygens (including phenoxy) is 4. The van der Waals surface area contributed by atoms with Gasteiger partial charge in [-0.1, -0.05) is 83.6 Å². The van der Waals surface area contributed by atoms with E-state index in [2.05, 4.69) is 0 Å². The number of aromatic nitrogens is 1. The van der Waals surface area contributed by atoms with Gasteiger partial charge in [0.15, 0.2) is 16.3 Å². The second-order valence-electron chi connectivity index (χ2n) is 10.8. The van der Waals surface area contributed by atoms with Crippen LogP contribution in [-0.4, -0.2) is 30.9 Å². The summed E-state index contributed by atoms with van der Waals surface area (Å²) in [6.45, 7) is 4.67. The molecule has 5 aromatic rings. The number of fused-ring (bicyclic) bond motifs is 1. The Morgan fingerprint density at radius 3 is 2.42 bits per heavy atom. The Labute approximate surface area is 286 Å². The van der Waals surface area contributed by atoms with Crippen LogP contribution in [0.3, 0.4) is 0 Å². The van der Waals surface area contributed by atoms with Crippen molar-refractivity contribution in [2.45, 2.75) is 26.5 Å². The topological polar surface area (TPSA) is 88.4 Å². The van der Waals surface area contributed by atoms with Gasteiger partial charge in [-0.3, -0.25) is 9.36 Å². The van der Waals surface area contributed by atoms with Crippen LogP contribution in [0.15, 0.2) is 112 Å². The number of thiazole rings is 1. The summed E-state index contributed by atoms with van der Waals surface area (Å²) in [7, 11) is 1.57. The van der Waals surface area contributed by atoms with Crippen LogP contribution in [0.5, 0.6) is 17.2 Å². The van der Waals surface area contributed by atoms with Gasteiger partial charge in [-0.05, 0) is 73.0 Å². The van der Waals surface area contributed by atoms with Crippen molar-refractivity contribution in [3.8, 4) is 17.2 Å². The highest BCUT2D eigenvalue weighted by molar-refractivity contribution is 7.07. The van der Waals surface area contributed by atoms with E-state index in [1.54, 1.807) is 30.7 Å². The molecule has 0 saturated heterocycles. The largest absolute Gasteiger partial charge is 0.494 e. The maximum atomic E-state index is 14.3. The Hall–Kier alpha value is -5.12. The van der Waals surface area contributed by atoms with E-state index < -0.39 is 12.0 Å². The first kappa shape index (κ1) is 32.8. The van der Waals surface area contributed by atoms with E-state index in [4.69, 9.17) is 35.5 Å². The number of hydrogen-bond acceptors (Lipinski definition) is 8.